The highest BCUT2D eigenvalue weighted by Gasteiger charge is 2.11. The van der Waals surface area contributed by atoms with Crippen molar-refractivity contribution in [2.45, 2.75) is 18.5 Å². The van der Waals surface area contributed by atoms with Gasteiger partial charge in [-0.25, -0.2) is 9.78 Å². The van der Waals surface area contributed by atoms with Crippen LogP contribution < -0.4 is 10.9 Å². The molecule has 0 saturated carbocycles. The Morgan fingerprint density at radius 1 is 1.31 bits per heavy atom. The summed E-state index contributed by atoms with van der Waals surface area (Å²) in [4.78, 5) is 42.2. The van der Waals surface area contributed by atoms with E-state index in [4.69, 9.17) is 5.11 Å². The van der Waals surface area contributed by atoms with Gasteiger partial charge in [0, 0.05) is 30.0 Å². The molecule has 0 aliphatic heterocycles. The molecular formula is C17H19N3O5S. The molecule has 0 aliphatic carbocycles. The molecule has 3 N–H and O–H groups in total. The first-order chi connectivity index (χ1) is 12.4. The highest BCUT2D eigenvalue weighted by molar-refractivity contribution is 7.99. The van der Waals surface area contributed by atoms with Crippen LogP contribution in [0.15, 0.2) is 34.2 Å². The number of aliphatic hydroxyl groups is 1. The van der Waals surface area contributed by atoms with Crippen molar-refractivity contribution in [2.75, 3.05) is 24.8 Å². The predicted octanol–water partition coefficient (Wildman–Crippen LogP) is 1.13. The van der Waals surface area contributed by atoms with Gasteiger partial charge in [0.25, 0.3) is 5.56 Å². The highest BCUT2D eigenvalue weighted by Crippen LogP contribution is 2.15. The lowest BCUT2D eigenvalue weighted by molar-refractivity contribution is -0.113. The predicted molar refractivity (Wildman–Crippen MR) is 97.5 cm³/mol. The van der Waals surface area contributed by atoms with Gasteiger partial charge in [-0.2, -0.15) is 0 Å². The molecule has 1 aromatic carbocycles. The number of methoxy groups -OCH3 is 1. The van der Waals surface area contributed by atoms with Crippen LogP contribution in [0.5, 0.6) is 0 Å². The maximum absolute atomic E-state index is 12.0. The fraction of sp³-hybridized carbons (Fsp3) is 0.294. The number of ether oxygens (including phenoxy) is 1. The first-order valence-electron chi connectivity index (χ1n) is 7.76. The first-order valence-corrected chi connectivity index (χ1v) is 8.75. The maximum Gasteiger partial charge on any atom is 0.337 e. The second-order valence-electron chi connectivity index (χ2n) is 5.31. The summed E-state index contributed by atoms with van der Waals surface area (Å²) in [6.07, 6.45) is 0.237. The van der Waals surface area contributed by atoms with Gasteiger partial charge in [0.1, 0.15) is 0 Å². The Bertz CT molecular complexity index is 848. The van der Waals surface area contributed by atoms with Crippen molar-refractivity contribution in [2.24, 2.45) is 0 Å². The Balaban J connectivity index is 1.94. The number of carbonyl (C=O) groups is 2. The van der Waals surface area contributed by atoms with Crippen molar-refractivity contribution in [1.82, 2.24) is 9.97 Å². The maximum atomic E-state index is 12.0. The third kappa shape index (κ3) is 5.17. The van der Waals surface area contributed by atoms with Crippen molar-refractivity contribution in [3.63, 3.8) is 0 Å². The number of nitrogens with one attached hydrogen (secondary N) is 2. The topological polar surface area (TPSA) is 121 Å². The van der Waals surface area contributed by atoms with Crippen LogP contribution in [0.25, 0.3) is 0 Å². The van der Waals surface area contributed by atoms with E-state index < -0.39 is 5.97 Å². The molecule has 9 heteroatoms. The lowest BCUT2D eigenvalue weighted by atomic mass is 10.2. The van der Waals surface area contributed by atoms with Gasteiger partial charge < -0.3 is 20.1 Å². The summed E-state index contributed by atoms with van der Waals surface area (Å²) in [7, 11) is 1.30. The minimum absolute atomic E-state index is 0.0560. The van der Waals surface area contributed by atoms with Crippen molar-refractivity contribution >= 4 is 29.3 Å². The summed E-state index contributed by atoms with van der Waals surface area (Å²) in [5.74, 6) is -0.672. The molecule has 8 nitrogen and oxygen atoms in total. The van der Waals surface area contributed by atoms with E-state index in [9.17, 15) is 14.4 Å². The number of anilines is 1. The van der Waals surface area contributed by atoms with Crippen LogP contribution in [-0.4, -0.2) is 46.4 Å². The molecule has 0 saturated heterocycles. The van der Waals surface area contributed by atoms with E-state index >= 15 is 0 Å². The second-order valence-corrected chi connectivity index (χ2v) is 6.28. The molecule has 1 heterocycles. The quantitative estimate of drug-likeness (QED) is 0.376. The number of aliphatic hydroxyl groups excluding tert-OH is 1. The normalized spacial score (nSPS) is 10.4. The van der Waals surface area contributed by atoms with E-state index in [1.54, 1.807) is 31.2 Å². The smallest absolute Gasteiger partial charge is 0.337 e. The number of aromatic amines is 1. The van der Waals surface area contributed by atoms with Gasteiger partial charge in [-0.3, -0.25) is 9.59 Å². The number of hydrogen-bond acceptors (Lipinski definition) is 7. The second kappa shape index (κ2) is 9.16. The molecular weight excluding hydrogens is 358 g/mol. The average Bonchev–Trinajstić information content (AvgIpc) is 2.63. The number of rotatable bonds is 7. The molecule has 0 unspecified atom stereocenters. The summed E-state index contributed by atoms with van der Waals surface area (Å²) in [5.41, 5.74) is 1.59. The van der Waals surface area contributed by atoms with Crippen LogP contribution in [-0.2, 0) is 16.0 Å². The van der Waals surface area contributed by atoms with Gasteiger partial charge in [0.15, 0.2) is 5.16 Å². The number of amides is 1. The summed E-state index contributed by atoms with van der Waals surface area (Å²) in [6.45, 7) is 1.56. The van der Waals surface area contributed by atoms with Gasteiger partial charge >= 0.3 is 5.97 Å². The number of nitrogens with zero attached hydrogens (tertiary/aromatic N) is 1. The molecule has 1 aromatic heterocycles. The first kappa shape index (κ1) is 19.7. The summed E-state index contributed by atoms with van der Waals surface area (Å²) < 4.78 is 4.61. The van der Waals surface area contributed by atoms with Crippen LogP contribution in [0.4, 0.5) is 5.69 Å². The van der Waals surface area contributed by atoms with Crippen molar-refractivity contribution in [3.8, 4) is 0 Å². The number of carbonyl (C=O) groups excluding carboxylic acids is 2. The molecule has 1 amide bonds. The van der Waals surface area contributed by atoms with Gasteiger partial charge in [-0.05, 0) is 31.2 Å². The van der Waals surface area contributed by atoms with E-state index in [1.807, 2.05) is 0 Å². The number of aryl methyl sites for hydroxylation is 1. The Labute approximate surface area is 154 Å². The van der Waals surface area contributed by atoms with E-state index in [-0.39, 0.29) is 30.2 Å². The van der Waals surface area contributed by atoms with E-state index in [2.05, 4.69) is 20.0 Å². The minimum atomic E-state index is -0.450. The standard InChI is InChI=1S/C17H19N3O5S/c1-10-13(7-8-21)15(23)20-17(18-10)26-9-14(22)19-12-5-3-11(4-6-12)16(24)25-2/h3-6,21H,7-9H2,1-2H3,(H,19,22)(H,18,20,23). The van der Waals surface area contributed by atoms with Crippen LogP contribution in [0.3, 0.4) is 0 Å². The average molecular weight is 377 g/mol. The zero-order valence-corrected chi connectivity index (χ0v) is 15.2. The zero-order valence-electron chi connectivity index (χ0n) is 14.4. The molecule has 138 valence electrons. The van der Waals surface area contributed by atoms with E-state index in [1.165, 1.54) is 7.11 Å². The number of thioether (sulfide) groups is 1. The molecule has 0 fully saturated rings. The van der Waals surface area contributed by atoms with Gasteiger partial charge in [-0.1, -0.05) is 11.8 Å². The lowest BCUT2D eigenvalue weighted by Gasteiger charge is -2.07. The number of hydrogen-bond donors (Lipinski definition) is 3. The van der Waals surface area contributed by atoms with Crippen molar-refractivity contribution < 1.29 is 19.4 Å². The third-order valence-electron chi connectivity index (χ3n) is 3.49. The Hall–Kier alpha value is -2.65. The summed E-state index contributed by atoms with van der Waals surface area (Å²) in [5, 5.41) is 12.0. The van der Waals surface area contributed by atoms with Gasteiger partial charge in [0.2, 0.25) is 5.91 Å². The molecule has 0 bridgehead atoms. The number of aromatic nitrogens is 2. The molecule has 26 heavy (non-hydrogen) atoms. The van der Waals surface area contributed by atoms with E-state index in [0.717, 1.165) is 11.8 Å². The number of esters is 1. The van der Waals surface area contributed by atoms with Crippen molar-refractivity contribution in [1.29, 1.82) is 0 Å². The number of H-pyrrole nitrogens is 1. The Kier molecular flexibility index (Phi) is 6.93. The van der Waals surface area contributed by atoms with Crippen LogP contribution in [0.2, 0.25) is 0 Å². The van der Waals surface area contributed by atoms with Crippen LogP contribution in [0, 0.1) is 6.92 Å². The molecule has 2 aromatic rings. The SMILES string of the molecule is COC(=O)c1ccc(NC(=O)CSc2nc(C)c(CCO)c(=O)[nH]2)cc1. The minimum Gasteiger partial charge on any atom is -0.465 e. The molecule has 0 spiro atoms. The molecule has 2 rings (SSSR count). The van der Waals surface area contributed by atoms with Crippen LogP contribution >= 0.6 is 11.8 Å². The third-order valence-corrected chi connectivity index (χ3v) is 4.37. The Morgan fingerprint density at radius 3 is 2.58 bits per heavy atom. The highest BCUT2D eigenvalue weighted by atomic mass is 32.2. The summed E-state index contributed by atoms with van der Waals surface area (Å²) in [6, 6.07) is 6.30. The molecule has 0 atom stereocenters. The fourth-order valence-electron chi connectivity index (χ4n) is 2.20. The molecule has 0 aliphatic rings. The van der Waals surface area contributed by atoms with Crippen LogP contribution in [0.1, 0.15) is 21.6 Å². The van der Waals surface area contributed by atoms with Gasteiger partial charge in [-0.15, -0.1) is 0 Å². The lowest BCUT2D eigenvalue weighted by Crippen LogP contribution is -2.19. The molecule has 0 radical (unpaired) electrons. The fourth-order valence-corrected chi connectivity index (χ4v) is 2.90. The monoisotopic (exact) mass is 377 g/mol. The largest absolute Gasteiger partial charge is 0.465 e. The number of benzene rings is 1. The summed E-state index contributed by atoms with van der Waals surface area (Å²) >= 11 is 1.10. The Morgan fingerprint density at radius 2 is 2.00 bits per heavy atom. The van der Waals surface area contributed by atoms with Gasteiger partial charge in [0.05, 0.1) is 18.4 Å². The van der Waals surface area contributed by atoms with E-state index in [0.29, 0.717) is 27.7 Å². The zero-order chi connectivity index (χ0) is 19.1. The van der Waals surface area contributed by atoms with Crippen molar-refractivity contribution in [3.05, 3.63) is 51.4 Å².